The van der Waals surface area contributed by atoms with Crippen molar-refractivity contribution >= 4 is 0 Å². The third kappa shape index (κ3) is 2.39. The Hall–Kier alpha value is -1.94. The van der Waals surface area contributed by atoms with Crippen LogP contribution in [0.25, 0.3) is 0 Å². The van der Waals surface area contributed by atoms with Gasteiger partial charge in [-0.2, -0.15) is 18.4 Å². The van der Waals surface area contributed by atoms with Gasteiger partial charge < -0.3 is 14.8 Å². The smallest absolute Gasteiger partial charge is 0.429 e. The van der Waals surface area contributed by atoms with E-state index < -0.39 is 11.8 Å². The molecule has 0 radical (unpaired) electrons. The zero-order valence-corrected chi connectivity index (χ0v) is 10.8. The van der Waals surface area contributed by atoms with Gasteiger partial charge in [-0.1, -0.05) is 6.07 Å². The molecule has 1 aliphatic heterocycles. The van der Waals surface area contributed by atoms with Gasteiger partial charge in [-0.05, 0) is 18.7 Å². The number of para-hydroxylation sites is 1. The highest BCUT2D eigenvalue weighted by molar-refractivity contribution is 5.52. The van der Waals surface area contributed by atoms with Crippen LogP contribution in [0.2, 0.25) is 0 Å². The van der Waals surface area contributed by atoms with E-state index in [1.54, 1.807) is 0 Å². The minimum atomic E-state index is -4.54. The average molecular weight is 286 g/mol. The molecule has 1 aromatic carbocycles. The van der Waals surface area contributed by atoms with Crippen molar-refractivity contribution in [2.45, 2.75) is 18.2 Å². The molecule has 0 bridgehead atoms. The SMILES string of the molecule is COc1cccc(C#N)c1OC1(C(F)(F)F)CCNC1. The van der Waals surface area contributed by atoms with Crippen LogP contribution >= 0.6 is 0 Å². The number of hydrogen-bond donors (Lipinski definition) is 1. The fraction of sp³-hybridized carbons (Fsp3) is 0.462. The molecule has 1 heterocycles. The first kappa shape index (κ1) is 14.5. The Morgan fingerprint density at radius 2 is 2.15 bits per heavy atom. The van der Waals surface area contributed by atoms with Gasteiger partial charge in [0.1, 0.15) is 6.07 Å². The summed E-state index contributed by atoms with van der Waals surface area (Å²) in [6, 6.07) is 6.20. The third-order valence-electron chi connectivity index (χ3n) is 3.25. The van der Waals surface area contributed by atoms with E-state index in [1.165, 1.54) is 25.3 Å². The highest BCUT2D eigenvalue weighted by atomic mass is 19.4. The molecule has 0 amide bonds. The monoisotopic (exact) mass is 286 g/mol. The molecular weight excluding hydrogens is 273 g/mol. The number of rotatable bonds is 3. The van der Waals surface area contributed by atoms with E-state index in [4.69, 9.17) is 14.7 Å². The molecule has 1 aliphatic rings. The molecule has 0 spiro atoms. The van der Waals surface area contributed by atoms with Crippen LogP contribution in [0.5, 0.6) is 11.5 Å². The zero-order valence-electron chi connectivity index (χ0n) is 10.8. The largest absolute Gasteiger partial charge is 0.493 e. The quantitative estimate of drug-likeness (QED) is 0.926. The standard InChI is InChI=1S/C13H13F3N2O2/c1-19-10-4-2-3-9(7-17)11(10)20-12(13(14,15)16)5-6-18-8-12/h2-4,18H,5-6,8H2,1H3. The van der Waals surface area contributed by atoms with E-state index in [2.05, 4.69) is 5.32 Å². The molecule has 20 heavy (non-hydrogen) atoms. The molecule has 0 saturated carbocycles. The molecule has 1 fully saturated rings. The van der Waals surface area contributed by atoms with Crippen LogP contribution in [0.15, 0.2) is 18.2 Å². The summed E-state index contributed by atoms with van der Waals surface area (Å²) >= 11 is 0. The maximum atomic E-state index is 13.3. The van der Waals surface area contributed by atoms with Crippen molar-refractivity contribution in [2.75, 3.05) is 20.2 Å². The Kier molecular flexibility index (Phi) is 3.77. The van der Waals surface area contributed by atoms with Gasteiger partial charge in [0.25, 0.3) is 0 Å². The Bertz CT molecular complexity index is 531. The first-order valence-electron chi connectivity index (χ1n) is 5.97. The summed E-state index contributed by atoms with van der Waals surface area (Å²) in [6.45, 7) is -0.143. The van der Waals surface area contributed by atoms with Gasteiger partial charge >= 0.3 is 6.18 Å². The molecular formula is C13H13F3N2O2. The van der Waals surface area contributed by atoms with Gasteiger partial charge in [0.2, 0.25) is 5.60 Å². The number of halogens is 3. The van der Waals surface area contributed by atoms with Gasteiger partial charge in [-0.25, -0.2) is 0 Å². The maximum Gasteiger partial charge on any atom is 0.429 e. The molecule has 2 rings (SSSR count). The predicted octanol–water partition coefficient (Wildman–Crippen LogP) is 2.24. The topological polar surface area (TPSA) is 54.3 Å². The number of nitriles is 1. The van der Waals surface area contributed by atoms with Crippen molar-refractivity contribution in [1.82, 2.24) is 5.32 Å². The molecule has 0 aliphatic carbocycles. The summed E-state index contributed by atoms with van der Waals surface area (Å²) in [5, 5.41) is 11.7. The Morgan fingerprint density at radius 1 is 1.40 bits per heavy atom. The predicted molar refractivity (Wildman–Crippen MR) is 64.6 cm³/mol. The molecule has 1 unspecified atom stereocenters. The molecule has 1 atom stereocenters. The summed E-state index contributed by atoms with van der Waals surface area (Å²) in [5.41, 5.74) is -2.31. The van der Waals surface area contributed by atoms with Crippen molar-refractivity contribution in [3.63, 3.8) is 0 Å². The Morgan fingerprint density at radius 3 is 2.65 bits per heavy atom. The van der Waals surface area contributed by atoms with Crippen molar-refractivity contribution in [3.05, 3.63) is 23.8 Å². The molecule has 0 aromatic heterocycles. The highest BCUT2D eigenvalue weighted by Crippen LogP contribution is 2.42. The van der Waals surface area contributed by atoms with Crippen molar-refractivity contribution < 1.29 is 22.6 Å². The van der Waals surface area contributed by atoms with Crippen molar-refractivity contribution in [2.24, 2.45) is 0 Å². The second kappa shape index (κ2) is 5.21. The number of methoxy groups -OCH3 is 1. The summed E-state index contributed by atoms with van der Waals surface area (Å²) in [7, 11) is 1.32. The maximum absolute atomic E-state index is 13.3. The van der Waals surface area contributed by atoms with Crippen molar-refractivity contribution in [3.8, 4) is 17.6 Å². The highest BCUT2D eigenvalue weighted by Gasteiger charge is 2.59. The second-order valence-electron chi connectivity index (χ2n) is 4.47. The van der Waals surface area contributed by atoms with Crippen LogP contribution < -0.4 is 14.8 Å². The summed E-state index contributed by atoms with van der Waals surface area (Å²) in [4.78, 5) is 0. The first-order chi connectivity index (χ1) is 9.43. The Balaban J connectivity index is 2.45. The van der Waals surface area contributed by atoms with Gasteiger partial charge in [0, 0.05) is 13.0 Å². The number of nitrogens with zero attached hydrogens (tertiary/aromatic N) is 1. The molecule has 7 heteroatoms. The fourth-order valence-electron chi connectivity index (χ4n) is 2.12. The van der Waals surface area contributed by atoms with E-state index in [0.717, 1.165) is 0 Å². The van der Waals surface area contributed by atoms with E-state index in [-0.39, 0.29) is 36.6 Å². The van der Waals surface area contributed by atoms with Crippen LogP contribution in [0.1, 0.15) is 12.0 Å². The summed E-state index contributed by atoms with van der Waals surface area (Å²) in [6.07, 6.45) is -4.75. The molecule has 1 aromatic rings. The zero-order chi connectivity index (χ0) is 14.8. The number of nitrogens with one attached hydrogen (secondary N) is 1. The van der Waals surface area contributed by atoms with E-state index in [1.807, 2.05) is 6.07 Å². The molecule has 1 saturated heterocycles. The number of benzene rings is 1. The minimum absolute atomic E-state index is 0.0138. The van der Waals surface area contributed by atoms with Gasteiger partial charge in [0.15, 0.2) is 11.5 Å². The fourth-order valence-corrected chi connectivity index (χ4v) is 2.12. The van der Waals surface area contributed by atoms with E-state index >= 15 is 0 Å². The average Bonchev–Trinajstić information content (AvgIpc) is 2.88. The molecule has 1 N–H and O–H groups in total. The second-order valence-corrected chi connectivity index (χ2v) is 4.47. The van der Waals surface area contributed by atoms with Crippen LogP contribution in [0.3, 0.4) is 0 Å². The minimum Gasteiger partial charge on any atom is -0.493 e. The lowest BCUT2D eigenvalue weighted by Crippen LogP contribution is -2.52. The molecule has 4 nitrogen and oxygen atoms in total. The van der Waals surface area contributed by atoms with Gasteiger partial charge in [0.05, 0.1) is 12.7 Å². The summed E-state index contributed by atoms with van der Waals surface area (Å²) in [5.74, 6) is -0.0573. The lowest BCUT2D eigenvalue weighted by atomic mass is 10.0. The van der Waals surface area contributed by atoms with Crippen LogP contribution in [-0.4, -0.2) is 32.0 Å². The van der Waals surface area contributed by atoms with E-state index in [0.29, 0.717) is 0 Å². The lowest BCUT2D eigenvalue weighted by molar-refractivity contribution is -0.240. The van der Waals surface area contributed by atoms with Gasteiger partial charge in [-0.15, -0.1) is 0 Å². The normalized spacial score (nSPS) is 22.4. The summed E-state index contributed by atoms with van der Waals surface area (Å²) < 4.78 is 50.1. The molecule has 108 valence electrons. The van der Waals surface area contributed by atoms with Crippen LogP contribution in [-0.2, 0) is 0 Å². The number of hydrogen-bond acceptors (Lipinski definition) is 4. The van der Waals surface area contributed by atoms with Crippen LogP contribution in [0, 0.1) is 11.3 Å². The Labute approximate surface area is 114 Å². The third-order valence-corrected chi connectivity index (χ3v) is 3.25. The number of alkyl halides is 3. The van der Waals surface area contributed by atoms with E-state index in [9.17, 15) is 13.2 Å². The first-order valence-corrected chi connectivity index (χ1v) is 5.97. The van der Waals surface area contributed by atoms with Crippen LogP contribution in [0.4, 0.5) is 13.2 Å². The van der Waals surface area contributed by atoms with Crippen molar-refractivity contribution in [1.29, 1.82) is 5.26 Å². The number of ether oxygens (including phenoxy) is 2. The lowest BCUT2D eigenvalue weighted by Gasteiger charge is -2.32. The van der Waals surface area contributed by atoms with Gasteiger partial charge in [-0.3, -0.25) is 0 Å².